The van der Waals surface area contributed by atoms with Crippen LogP contribution >= 0.6 is 0 Å². The third-order valence-corrected chi connectivity index (χ3v) is 8.61. The van der Waals surface area contributed by atoms with E-state index in [9.17, 15) is 10.1 Å². The Morgan fingerprint density at radius 2 is 1.43 bits per heavy atom. The molecule has 1 unspecified atom stereocenters. The van der Waals surface area contributed by atoms with Crippen molar-refractivity contribution in [2.24, 2.45) is 12.0 Å². The molecule has 0 fully saturated rings. The monoisotopic (exact) mass is 584 g/mol. The van der Waals surface area contributed by atoms with Crippen LogP contribution in [-0.4, -0.2) is 38.6 Å². The van der Waals surface area contributed by atoms with Crippen LogP contribution < -0.4 is 4.74 Å². The predicted octanol–water partition coefficient (Wildman–Crippen LogP) is 7.55. The van der Waals surface area contributed by atoms with E-state index < -0.39 is 11.0 Å². The highest BCUT2D eigenvalue weighted by Crippen LogP contribution is 2.45. The standard InChI is InChI=1S/C37H36N4O3/c1-36(2,41(42)43)24-13-25-44-30-20-22-33-31(26-30)35(39-40(33)3)32-21-23-34(38-32)37(27-14-7-4-8-15-27,28-16-9-5-10-17-28)29-18-11-6-12-19-29/h4-12,14-23,26,34H,13,24-25H2,1-3H3. The first-order valence-electron chi connectivity index (χ1n) is 15.0. The van der Waals surface area contributed by atoms with E-state index in [1.54, 1.807) is 13.8 Å². The Hall–Kier alpha value is -5.04. The molecule has 2 heterocycles. The zero-order valence-electron chi connectivity index (χ0n) is 25.3. The molecule has 0 N–H and O–H groups in total. The van der Waals surface area contributed by atoms with Crippen LogP contribution in [0.15, 0.2) is 126 Å². The van der Waals surface area contributed by atoms with Crippen molar-refractivity contribution in [2.45, 2.75) is 43.7 Å². The fraction of sp³-hybridized carbons (Fsp3) is 0.243. The molecule has 0 aliphatic carbocycles. The lowest BCUT2D eigenvalue weighted by Gasteiger charge is -2.39. The molecule has 0 spiro atoms. The molecule has 0 saturated heterocycles. The molecule has 0 amide bonds. The van der Waals surface area contributed by atoms with Crippen molar-refractivity contribution in [3.05, 3.63) is 154 Å². The van der Waals surface area contributed by atoms with Gasteiger partial charge in [0.25, 0.3) is 0 Å². The van der Waals surface area contributed by atoms with Gasteiger partial charge in [0.2, 0.25) is 5.54 Å². The van der Waals surface area contributed by atoms with Crippen LogP contribution in [0.4, 0.5) is 0 Å². The van der Waals surface area contributed by atoms with Gasteiger partial charge in [0.05, 0.1) is 29.3 Å². The number of aliphatic imine (C=N–C) groups is 1. The van der Waals surface area contributed by atoms with E-state index in [2.05, 4.69) is 84.9 Å². The van der Waals surface area contributed by atoms with Crippen LogP contribution in [-0.2, 0) is 12.5 Å². The van der Waals surface area contributed by atoms with Crippen LogP contribution in [0.3, 0.4) is 0 Å². The molecular weight excluding hydrogens is 548 g/mol. The van der Waals surface area contributed by atoms with Gasteiger partial charge >= 0.3 is 0 Å². The van der Waals surface area contributed by atoms with E-state index in [0.29, 0.717) is 25.2 Å². The fourth-order valence-corrected chi connectivity index (χ4v) is 6.22. The van der Waals surface area contributed by atoms with Crippen molar-refractivity contribution >= 4 is 16.6 Å². The lowest BCUT2D eigenvalue weighted by atomic mass is 9.65. The number of aromatic nitrogens is 2. The van der Waals surface area contributed by atoms with Gasteiger partial charge in [-0.1, -0.05) is 97.1 Å². The molecule has 0 radical (unpaired) electrons. The number of ether oxygens (including phenoxy) is 1. The number of nitro groups is 1. The first kappa shape index (κ1) is 29.1. The molecule has 44 heavy (non-hydrogen) atoms. The van der Waals surface area contributed by atoms with Crippen molar-refractivity contribution < 1.29 is 9.66 Å². The third-order valence-electron chi connectivity index (χ3n) is 8.61. The van der Waals surface area contributed by atoms with Crippen LogP contribution in [0, 0.1) is 10.1 Å². The highest BCUT2D eigenvalue weighted by Gasteiger charge is 2.44. The Morgan fingerprint density at radius 1 is 0.864 bits per heavy atom. The van der Waals surface area contributed by atoms with Crippen molar-refractivity contribution in [2.75, 3.05) is 6.61 Å². The van der Waals surface area contributed by atoms with Crippen molar-refractivity contribution in [3.8, 4) is 5.75 Å². The highest BCUT2D eigenvalue weighted by molar-refractivity contribution is 6.16. The topological polar surface area (TPSA) is 82.5 Å². The number of hydrogen-bond donors (Lipinski definition) is 0. The van der Waals surface area contributed by atoms with E-state index >= 15 is 0 Å². The predicted molar refractivity (Wildman–Crippen MR) is 175 cm³/mol. The van der Waals surface area contributed by atoms with Crippen molar-refractivity contribution in [1.29, 1.82) is 0 Å². The molecule has 1 atom stereocenters. The molecule has 4 aromatic carbocycles. The molecule has 1 aromatic heterocycles. The zero-order valence-corrected chi connectivity index (χ0v) is 25.3. The molecule has 6 rings (SSSR count). The van der Waals surface area contributed by atoms with Crippen LogP contribution in [0.1, 0.15) is 49.1 Å². The first-order valence-corrected chi connectivity index (χ1v) is 15.0. The molecular formula is C37H36N4O3. The lowest BCUT2D eigenvalue weighted by Crippen LogP contribution is -2.39. The average Bonchev–Trinajstić information content (AvgIpc) is 3.66. The minimum atomic E-state index is -0.970. The van der Waals surface area contributed by atoms with Crippen LogP contribution in [0.2, 0.25) is 0 Å². The maximum absolute atomic E-state index is 11.3. The molecule has 1 aliphatic rings. The molecule has 7 heteroatoms. The minimum Gasteiger partial charge on any atom is -0.494 e. The number of aryl methyl sites for hydroxylation is 1. The van der Waals surface area contributed by atoms with Gasteiger partial charge in [-0.25, -0.2) is 0 Å². The Bertz CT molecular complexity index is 1730. The highest BCUT2D eigenvalue weighted by atomic mass is 16.6. The summed E-state index contributed by atoms with van der Waals surface area (Å²) in [4.78, 5) is 16.4. The zero-order chi connectivity index (χ0) is 30.7. The van der Waals surface area contributed by atoms with Gasteiger partial charge < -0.3 is 4.74 Å². The van der Waals surface area contributed by atoms with Gasteiger partial charge in [-0.2, -0.15) is 5.10 Å². The van der Waals surface area contributed by atoms with Gasteiger partial charge in [0.1, 0.15) is 11.4 Å². The van der Waals surface area contributed by atoms with Gasteiger partial charge in [-0.3, -0.25) is 19.8 Å². The largest absolute Gasteiger partial charge is 0.494 e. The molecule has 7 nitrogen and oxygen atoms in total. The summed E-state index contributed by atoms with van der Waals surface area (Å²) in [6.07, 6.45) is 5.31. The molecule has 222 valence electrons. The van der Waals surface area contributed by atoms with E-state index in [4.69, 9.17) is 14.8 Å². The number of rotatable bonds is 11. The Labute approximate surface area is 257 Å². The Balaban J connectivity index is 1.39. The Kier molecular flexibility index (Phi) is 7.87. The van der Waals surface area contributed by atoms with Crippen LogP contribution in [0.25, 0.3) is 10.9 Å². The number of nitrogens with zero attached hydrogens (tertiary/aromatic N) is 4. The summed E-state index contributed by atoms with van der Waals surface area (Å²) in [6, 6.07) is 37.5. The SMILES string of the molecule is Cn1nc(C2=NC(C(c3ccccc3)(c3ccccc3)c3ccccc3)C=C2)c2cc(OCCCC(C)(C)[N+](=O)[O-])ccc21. The quantitative estimate of drug-likeness (QED) is 0.0695. The summed E-state index contributed by atoms with van der Waals surface area (Å²) < 4.78 is 7.92. The summed E-state index contributed by atoms with van der Waals surface area (Å²) in [7, 11) is 1.94. The summed E-state index contributed by atoms with van der Waals surface area (Å²) in [5.41, 5.74) is 4.56. The van der Waals surface area contributed by atoms with Crippen LogP contribution in [0.5, 0.6) is 5.75 Å². The summed E-state index contributed by atoms with van der Waals surface area (Å²) >= 11 is 0. The number of hydrogen-bond acceptors (Lipinski definition) is 5. The van der Waals surface area contributed by atoms with E-state index in [-0.39, 0.29) is 11.0 Å². The second kappa shape index (κ2) is 11.9. The normalized spacial score (nSPS) is 15.0. The second-order valence-corrected chi connectivity index (χ2v) is 11.9. The van der Waals surface area contributed by atoms with Crippen molar-refractivity contribution in [3.63, 3.8) is 0 Å². The molecule has 0 bridgehead atoms. The summed E-state index contributed by atoms with van der Waals surface area (Å²) in [5.74, 6) is 0.706. The van der Waals surface area contributed by atoms with Gasteiger partial charge in [0, 0.05) is 37.6 Å². The van der Waals surface area contributed by atoms with Gasteiger partial charge in [0.15, 0.2) is 0 Å². The molecule has 5 aromatic rings. The maximum Gasteiger partial charge on any atom is 0.216 e. The van der Waals surface area contributed by atoms with Gasteiger partial charge in [-0.15, -0.1) is 0 Å². The second-order valence-electron chi connectivity index (χ2n) is 11.9. The number of benzene rings is 4. The lowest BCUT2D eigenvalue weighted by molar-refractivity contribution is -0.561. The van der Waals surface area contributed by atoms with E-state index in [1.165, 1.54) is 16.7 Å². The maximum atomic E-state index is 11.3. The fourth-order valence-electron chi connectivity index (χ4n) is 6.22. The minimum absolute atomic E-state index is 0.217. The third kappa shape index (κ3) is 5.30. The summed E-state index contributed by atoms with van der Waals surface area (Å²) in [5, 5.41) is 17.1. The first-order chi connectivity index (χ1) is 21.3. The van der Waals surface area contributed by atoms with Crippen molar-refractivity contribution in [1.82, 2.24) is 9.78 Å². The number of fused-ring (bicyclic) bond motifs is 1. The van der Waals surface area contributed by atoms with Gasteiger partial charge in [-0.05, 0) is 47.4 Å². The molecule has 1 aliphatic heterocycles. The smallest absolute Gasteiger partial charge is 0.216 e. The number of allylic oxidation sites excluding steroid dienone is 1. The van der Waals surface area contributed by atoms with E-state index in [1.807, 2.05) is 48.1 Å². The average molecular weight is 585 g/mol. The Morgan fingerprint density at radius 3 is 1.98 bits per heavy atom. The molecule has 0 saturated carbocycles. The van der Waals surface area contributed by atoms with E-state index in [0.717, 1.165) is 22.3 Å². The summed E-state index contributed by atoms with van der Waals surface area (Å²) in [6.45, 7) is 3.69.